The highest BCUT2D eigenvalue weighted by molar-refractivity contribution is 5.04. The lowest BCUT2D eigenvalue weighted by molar-refractivity contribution is 0.0689. The van der Waals surface area contributed by atoms with Crippen molar-refractivity contribution in [3.63, 3.8) is 0 Å². The van der Waals surface area contributed by atoms with Gasteiger partial charge in [0.1, 0.15) is 0 Å². The van der Waals surface area contributed by atoms with Gasteiger partial charge in [-0.15, -0.1) is 6.58 Å². The highest BCUT2D eigenvalue weighted by atomic mass is 16.3. The second-order valence-corrected chi connectivity index (χ2v) is 3.65. The summed E-state index contributed by atoms with van der Waals surface area (Å²) in [6, 6.07) is 0. The number of rotatable bonds is 6. The van der Waals surface area contributed by atoms with Crippen LogP contribution in [0.5, 0.6) is 0 Å². The van der Waals surface area contributed by atoms with Gasteiger partial charge in [0.05, 0.1) is 6.10 Å². The van der Waals surface area contributed by atoms with Gasteiger partial charge >= 0.3 is 0 Å². The third kappa shape index (κ3) is 3.35. The van der Waals surface area contributed by atoms with Crippen molar-refractivity contribution in [1.29, 1.82) is 0 Å². The van der Waals surface area contributed by atoms with Crippen molar-refractivity contribution >= 4 is 0 Å². The van der Waals surface area contributed by atoms with Crippen LogP contribution in [0.2, 0.25) is 0 Å². The molecule has 0 aliphatic rings. The van der Waals surface area contributed by atoms with Crippen molar-refractivity contribution in [3.8, 4) is 0 Å². The van der Waals surface area contributed by atoms with Gasteiger partial charge in [-0.25, -0.2) is 0 Å². The number of aliphatic hydroxyl groups excluding tert-OH is 1. The Morgan fingerprint density at radius 2 is 2.15 bits per heavy atom. The molecule has 1 N–H and O–H groups in total. The summed E-state index contributed by atoms with van der Waals surface area (Å²) in [7, 11) is 0. The molecule has 0 spiro atoms. The molecule has 0 bridgehead atoms. The number of allylic oxidation sites excluding steroid dienone is 2. The molecule has 1 nitrogen and oxygen atoms in total. The van der Waals surface area contributed by atoms with Crippen LogP contribution >= 0.6 is 0 Å². The van der Waals surface area contributed by atoms with Crippen molar-refractivity contribution in [2.24, 2.45) is 5.41 Å². The second-order valence-electron chi connectivity index (χ2n) is 3.65. The maximum Gasteiger partial charge on any atom is 0.0605 e. The lowest BCUT2D eigenvalue weighted by atomic mass is 9.75. The van der Waals surface area contributed by atoms with Crippen LogP contribution in [0, 0.1) is 5.41 Å². The molecule has 0 radical (unpaired) electrons. The number of hydrogen-bond donors (Lipinski definition) is 1. The summed E-state index contributed by atoms with van der Waals surface area (Å²) >= 11 is 0. The molecule has 0 saturated heterocycles. The molecule has 0 aliphatic carbocycles. The SMILES string of the molecule is C=CCC(C=CC)(CCC)C(C)O. The Labute approximate surface area is 82.2 Å². The third-order valence-electron chi connectivity index (χ3n) is 2.57. The molecule has 0 rings (SSSR count). The maximum absolute atomic E-state index is 9.76. The van der Waals surface area contributed by atoms with Crippen LogP contribution in [0.15, 0.2) is 24.8 Å². The van der Waals surface area contributed by atoms with Crippen LogP contribution in [0.25, 0.3) is 0 Å². The van der Waals surface area contributed by atoms with Crippen molar-refractivity contribution in [3.05, 3.63) is 24.8 Å². The van der Waals surface area contributed by atoms with E-state index in [2.05, 4.69) is 19.6 Å². The number of aliphatic hydroxyl groups is 1. The minimum Gasteiger partial charge on any atom is -0.393 e. The Morgan fingerprint density at radius 3 is 2.46 bits per heavy atom. The van der Waals surface area contributed by atoms with Crippen LogP contribution in [0.1, 0.15) is 40.0 Å². The Hall–Kier alpha value is -0.560. The minimum atomic E-state index is -0.304. The van der Waals surface area contributed by atoms with E-state index in [1.807, 2.05) is 26.0 Å². The molecule has 0 aromatic heterocycles. The molecule has 0 fully saturated rings. The second kappa shape index (κ2) is 5.98. The van der Waals surface area contributed by atoms with Gasteiger partial charge in [0.2, 0.25) is 0 Å². The standard InChI is InChI=1S/C12H22O/c1-5-8-12(9-6-2,10-7-3)11(4)13/h5-6,9,11,13H,1,7-8,10H2,2-4H3. The fourth-order valence-corrected chi connectivity index (χ4v) is 1.84. The van der Waals surface area contributed by atoms with E-state index in [9.17, 15) is 5.11 Å². The Bertz CT molecular complexity index is 170. The summed E-state index contributed by atoms with van der Waals surface area (Å²) in [5, 5.41) is 9.76. The first kappa shape index (κ1) is 12.4. The zero-order valence-corrected chi connectivity index (χ0v) is 9.09. The quantitative estimate of drug-likeness (QED) is 0.625. The molecule has 1 heteroatoms. The highest BCUT2D eigenvalue weighted by Crippen LogP contribution is 2.34. The van der Waals surface area contributed by atoms with Crippen LogP contribution in [0.4, 0.5) is 0 Å². The predicted molar refractivity (Wildman–Crippen MR) is 58.6 cm³/mol. The molecule has 13 heavy (non-hydrogen) atoms. The highest BCUT2D eigenvalue weighted by Gasteiger charge is 2.29. The van der Waals surface area contributed by atoms with Crippen LogP contribution in [0.3, 0.4) is 0 Å². The van der Waals surface area contributed by atoms with Gasteiger partial charge in [0.15, 0.2) is 0 Å². The van der Waals surface area contributed by atoms with E-state index in [1.165, 1.54) is 0 Å². The van der Waals surface area contributed by atoms with E-state index in [0.717, 1.165) is 19.3 Å². The lowest BCUT2D eigenvalue weighted by Gasteiger charge is -2.32. The Balaban J connectivity index is 4.67. The fourth-order valence-electron chi connectivity index (χ4n) is 1.84. The molecule has 0 amide bonds. The van der Waals surface area contributed by atoms with Crippen LogP contribution in [-0.4, -0.2) is 11.2 Å². The molecule has 2 unspecified atom stereocenters. The average molecular weight is 182 g/mol. The van der Waals surface area contributed by atoms with Gasteiger partial charge in [-0.3, -0.25) is 0 Å². The summed E-state index contributed by atoms with van der Waals surface area (Å²) in [6.07, 6.45) is 8.67. The largest absolute Gasteiger partial charge is 0.393 e. The zero-order valence-electron chi connectivity index (χ0n) is 9.09. The maximum atomic E-state index is 9.76. The summed E-state index contributed by atoms with van der Waals surface area (Å²) in [4.78, 5) is 0. The van der Waals surface area contributed by atoms with E-state index < -0.39 is 0 Å². The van der Waals surface area contributed by atoms with E-state index in [-0.39, 0.29) is 11.5 Å². The van der Waals surface area contributed by atoms with Gasteiger partial charge in [-0.2, -0.15) is 0 Å². The Morgan fingerprint density at radius 1 is 1.54 bits per heavy atom. The van der Waals surface area contributed by atoms with Gasteiger partial charge in [-0.1, -0.05) is 31.6 Å². The van der Waals surface area contributed by atoms with Gasteiger partial charge in [0.25, 0.3) is 0 Å². The average Bonchev–Trinajstić information content (AvgIpc) is 2.05. The molecule has 0 aromatic carbocycles. The molecule has 0 heterocycles. The number of hydrogen-bond acceptors (Lipinski definition) is 1. The normalized spacial score (nSPS) is 18.5. The summed E-state index contributed by atoms with van der Waals surface area (Å²) in [5.41, 5.74) is -0.0920. The molecule has 76 valence electrons. The first-order valence-electron chi connectivity index (χ1n) is 5.05. The predicted octanol–water partition coefficient (Wildman–Crippen LogP) is 3.31. The van der Waals surface area contributed by atoms with Crippen molar-refractivity contribution in [2.75, 3.05) is 0 Å². The van der Waals surface area contributed by atoms with Gasteiger partial charge in [-0.05, 0) is 26.7 Å². The molecule has 0 aliphatic heterocycles. The van der Waals surface area contributed by atoms with Crippen LogP contribution < -0.4 is 0 Å². The van der Waals surface area contributed by atoms with Crippen molar-refractivity contribution < 1.29 is 5.11 Å². The molecular formula is C12H22O. The molecule has 0 saturated carbocycles. The minimum absolute atomic E-state index is 0.0920. The monoisotopic (exact) mass is 182 g/mol. The zero-order chi connectivity index (χ0) is 10.3. The van der Waals surface area contributed by atoms with Crippen molar-refractivity contribution in [1.82, 2.24) is 0 Å². The Kier molecular flexibility index (Phi) is 5.72. The van der Waals surface area contributed by atoms with E-state index in [0.29, 0.717) is 0 Å². The molecular weight excluding hydrogens is 160 g/mol. The third-order valence-corrected chi connectivity index (χ3v) is 2.57. The first-order valence-corrected chi connectivity index (χ1v) is 5.05. The summed E-state index contributed by atoms with van der Waals surface area (Å²) < 4.78 is 0. The molecule has 0 aromatic rings. The lowest BCUT2D eigenvalue weighted by Crippen LogP contribution is -2.30. The summed E-state index contributed by atoms with van der Waals surface area (Å²) in [6.45, 7) is 9.75. The fraction of sp³-hybridized carbons (Fsp3) is 0.667. The van der Waals surface area contributed by atoms with Gasteiger partial charge < -0.3 is 5.11 Å². The van der Waals surface area contributed by atoms with E-state index in [1.54, 1.807) is 0 Å². The van der Waals surface area contributed by atoms with E-state index in [4.69, 9.17) is 0 Å². The summed E-state index contributed by atoms with van der Waals surface area (Å²) in [5.74, 6) is 0. The first-order chi connectivity index (χ1) is 6.13. The smallest absolute Gasteiger partial charge is 0.0605 e. The van der Waals surface area contributed by atoms with Crippen LogP contribution in [-0.2, 0) is 0 Å². The van der Waals surface area contributed by atoms with Crippen molar-refractivity contribution in [2.45, 2.75) is 46.1 Å². The topological polar surface area (TPSA) is 20.2 Å². The van der Waals surface area contributed by atoms with E-state index >= 15 is 0 Å². The molecule has 2 atom stereocenters. The van der Waals surface area contributed by atoms with Gasteiger partial charge in [0, 0.05) is 5.41 Å².